The lowest BCUT2D eigenvalue weighted by molar-refractivity contribution is -0.186. The molecule has 0 aliphatic carbocycles. The number of cyclic esters (lactones) is 1. The van der Waals surface area contributed by atoms with Gasteiger partial charge in [-0.1, -0.05) is 0 Å². The minimum Gasteiger partial charge on any atom is -0.466 e. The minimum absolute atomic E-state index is 0.0929. The van der Waals surface area contributed by atoms with Crippen LogP contribution >= 0.6 is 0 Å². The van der Waals surface area contributed by atoms with Crippen molar-refractivity contribution in [3.63, 3.8) is 0 Å². The van der Waals surface area contributed by atoms with Crippen LogP contribution in [0.1, 0.15) is 29.3 Å². The molecule has 1 unspecified atom stereocenters. The standard InChI is InChI=1S/C12H8F4O5/c1-2-20-4(17)3-12(19)6-5(11(18)21-12)7(13)9(15)10(16)8(6)14/h19H,2-3H2,1H3. The lowest BCUT2D eigenvalue weighted by Gasteiger charge is -2.21. The zero-order valence-corrected chi connectivity index (χ0v) is 10.5. The molecule has 21 heavy (non-hydrogen) atoms. The Morgan fingerprint density at radius 2 is 1.76 bits per heavy atom. The van der Waals surface area contributed by atoms with E-state index in [0.717, 1.165) is 0 Å². The molecule has 1 aliphatic rings. The highest BCUT2D eigenvalue weighted by atomic mass is 19.2. The maximum Gasteiger partial charge on any atom is 0.344 e. The second kappa shape index (κ2) is 4.99. The monoisotopic (exact) mass is 308 g/mol. The Bertz CT molecular complexity index is 645. The molecule has 1 atom stereocenters. The average molecular weight is 308 g/mol. The fourth-order valence-electron chi connectivity index (χ4n) is 1.98. The van der Waals surface area contributed by atoms with Gasteiger partial charge in [0.25, 0.3) is 5.79 Å². The second-order valence-corrected chi connectivity index (χ2v) is 4.16. The first-order chi connectivity index (χ1) is 9.73. The molecule has 1 aromatic carbocycles. The molecule has 1 aliphatic heterocycles. The predicted molar refractivity (Wildman–Crippen MR) is 56.8 cm³/mol. The molecule has 114 valence electrons. The van der Waals surface area contributed by atoms with E-state index in [2.05, 4.69) is 9.47 Å². The number of fused-ring (bicyclic) bond motifs is 1. The topological polar surface area (TPSA) is 72.8 Å². The van der Waals surface area contributed by atoms with E-state index in [0.29, 0.717) is 0 Å². The first-order valence-corrected chi connectivity index (χ1v) is 5.70. The van der Waals surface area contributed by atoms with Gasteiger partial charge < -0.3 is 14.6 Å². The Labute approximate surface area is 115 Å². The number of carbonyl (C=O) groups excluding carboxylic acids is 2. The summed E-state index contributed by atoms with van der Waals surface area (Å²) < 4.78 is 62.3. The van der Waals surface area contributed by atoms with Crippen LogP contribution in [0.15, 0.2) is 0 Å². The first kappa shape index (κ1) is 15.2. The lowest BCUT2D eigenvalue weighted by atomic mass is 9.98. The van der Waals surface area contributed by atoms with Crippen molar-refractivity contribution in [2.75, 3.05) is 6.61 Å². The maximum atomic E-state index is 13.7. The van der Waals surface area contributed by atoms with Crippen molar-refractivity contribution in [1.82, 2.24) is 0 Å². The Morgan fingerprint density at radius 1 is 1.19 bits per heavy atom. The largest absolute Gasteiger partial charge is 0.466 e. The van der Waals surface area contributed by atoms with Gasteiger partial charge in [-0.3, -0.25) is 4.79 Å². The highest BCUT2D eigenvalue weighted by molar-refractivity contribution is 5.95. The van der Waals surface area contributed by atoms with Crippen molar-refractivity contribution < 1.29 is 41.7 Å². The van der Waals surface area contributed by atoms with Crippen molar-refractivity contribution in [3.8, 4) is 0 Å². The molecule has 0 saturated carbocycles. The number of esters is 2. The van der Waals surface area contributed by atoms with E-state index < -0.39 is 58.5 Å². The van der Waals surface area contributed by atoms with Crippen LogP contribution in [-0.4, -0.2) is 23.7 Å². The van der Waals surface area contributed by atoms with Crippen LogP contribution in [-0.2, 0) is 20.1 Å². The van der Waals surface area contributed by atoms with E-state index in [1.165, 1.54) is 6.92 Å². The van der Waals surface area contributed by atoms with Gasteiger partial charge >= 0.3 is 11.9 Å². The van der Waals surface area contributed by atoms with Crippen LogP contribution in [0.25, 0.3) is 0 Å². The molecule has 2 rings (SSSR count). The summed E-state index contributed by atoms with van der Waals surface area (Å²) >= 11 is 0. The van der Waals surface area contributed by atoms with Gasteiger partial charge in [0.15, 0.2) is 23.3 Å². The molecular weight excluding hydrogens is 300 g/mol. The molecule has 1 aromatic rings. The summed E-state index contributed by atoms with van der Waals surface area (Å²) in [6, 6.07) is 0. The molecule has 0 radical (unpaired) electrons. The van der Waals surface area contributed by atoms with Crippen molar-refractivity contribution >= 4 is 11.9 Å². The number of benzene rings is 1. The quantitative estimate of drug-likeness (QED) is 0.397. The number of halogens is 4. The van der Waals surface area contributed by atoms with E-state index >= 15 is 0 Å². The predicted octanol–water partition coefficient (Wildman–Crippen LogP) is 1.51. The fourth-order valence-corrected chi connectivity index (χ4v) is 1.98. The molecule has 0 aromatic heterocycles. The van der Waals surface area contributed by atoms with E-state index in [1.54, 1.807) is 0 Å². The number of hydrogen-bond donors (Lipinski definition) is 1. The molecule has 9 heteroatoms. The smallest absolute Gasteiger partial charge is 0.344 e. The summed E-state index contributed by atoms with van der Waals surface area (Å²) in [5, 5.41) is 9.99. The Hall–Kier alpha value is -2.16. The number of ether oxygens (including phenoxy) is 2. The lowest BCUT2D eigenvalue weighted by Crippen LogP contribution is -2.31. The Morgan fingerprint density at radius 3 is 2.33 bits per heavy atom. The summed E-state index contributed by atoms with van der Waals surface area (Å²) in [5.74, 6) is -14.2. The van der Waals surface area contributed by atoms with Crippen molar-refractivity contribution in [2.24, 2.45) is 0 Å². The van der Waals surface area contributed by atoms with E-state index in [-0.39, 0.29) is 6.61 Å². The van der Waals surface area contributed by atoms with Gasteiger partial charge in [0.1, 0.15) is 12.0 Å². The van der Waals surface area contributed by atoms with Crippen LogP contribution in [0, 0.1) is 23.3 Å². The second-order valence-electron chi connectivity index (χ2n) is 4.16. The maximum absolute atomic E-state index is 13.7. The zero-order valence-electron chi connectivity index (χ0n) is 10.5. The highest BCUT2D eigenvalue weighted by Gasteiger charge is 2.52. The van der Waals surface area contributed by atoms with Crippen LogP contribution in [0.2, 0.25) is 0 Å². The van der Waals surface area contributed by atoms with Crippen LogP contribution in [0.3, 0.4) is 0 Å². The van der Waals surface area contributed by atoms with Gasteiger partial charge in [0, 0.05) is 0 Å². The van der Waals surface area contributed by atoms with E-state index in [1.807, 2.05) is 0 Å². The molecule has 0 bridgehead atoms. The average Bonchev–Trinajstić information content (AvgIpc) is 2.65. The van der Waals surface area contributed by atoms with Crippen LogP contribution in [0.5, 0.6) is 0 Å². The number of rotatable bonds is 3. The Kier molecular flexibility index (Phi) is 3.62. The molecule has 0 fully saturated rings. The number of carbonyl (C=O) groups is 2. The van der Waals surface area contributed by atoms with Gasteiger partial charge in [-0.2, -0.15) is 0 Å². The van der Waals surface area contributed by atoms with Gasteiger partial charge in [-0.05, 0) is 6.92 Å². The summed E-state index contributed by atoms with van der Waals surface area (Å²) in [4.78, 5) is 22.7. The Balaban J connectivity index is 2.60. The normalized spacial score (nSPS) is 20.2. The molecule has 0 spiro atoms. The summed E-state index contributed by atoms with van der Waals surface area (Å²) in [6.45, 7) is 1.34. The van der Waals surface area contributed by atoms with E-state index in [4.69, 9.17) is 0 Å². The third-order valence-electron chi connectivity index (χ3n) is 2.81. The summed E-state index contributed by atoms with van der Waals surface area (Å²) in [6.07, 6.45) is -1.10. The zero-order chi connectivity index (χ0) is 15.9. The SMILES string of the molecule is CCOC(=O)CC1(O)OC(=O)c2c(F)c(F)c(F)c(F)c21. The van der Waals surface area contributed by atoms with Gasteiger partial charge in [-0.15, -0.1) is 0 Å². The number of hydrogen-bond acceptors (Lipinski definition) is 5. The molecule has 1 heterocycles. The van der Waals surface area contributed by atoms with E-state index in [9.17, 15) is 32.3 Å². The van der Waals surface area contributed by atoms with Gasteiger partial charge in [0.05, 0.1) is 12.2 Å². The summed E-state index contributed by atoms with van der Waals surface area (Å²) in [7, 11) is 0. The van der Waals surface area contributed by atoms with Crippen LogP contribution in [0.4, 0.5) is 17.6 Å². The molecule has 5 nitrogen and oxygen atoms in total. The molecule has 0 saturated heterocycles. The third-order valence-corrected chi connectivity index (χ3v) is 2.81. The van der Waals surface area contributed by atoms with Crippen LogP contribution < -0.4 is 0 Å². The summed E-state index contributed by atoms with van der Waals surface area (Å²) in [5.41, 5.74) is -2.56. The molecule has 1 N–H and O–H groups in total. The molecular formula is C12H8F4O5. The van der Waals surface area contributed by atoms with Gasteiger partial charge in [-0.25, -0.2) is 22.4 Å². The third kappa shape index (κ3) is 2.23. The number of aliphatic hydroxyl groups is 1. The first-order valence-electron chi connectivity index (χ1n) is 5.70. The molecule has 0 amide bonds. The van der Waals surface area contributed by atoms with Crippen molar-refractivity contribution in [2.45, 2.75) is 19.1 Å². The highest BCUT2D eigenvalue weighted by Crippen LogP contribution is 2.41. The minimum atomic E-state index is -2.96. The van der Waals surface area contributed by atoms with Crippen molar-refractivity contribution in [3.05, 3.63) is 34.4 Å². The fraction of sp³-hybridized carbons (Fsp3) is 0.333. The van der Waals surface area contributed by atoms with Crippen molar-refractivity contribution in [1.29, 1.82) is 0 Å². The van der Waals surface area contributed by atoms with Gasteiger partial charge in [0.2, 0.25) is 0 Å².